The molecule has 0 amide bonds. The molecule has 0 aromatic carbocycles. The van der Waals surface area contributed by atoms with Gasteiger partial charge in [-0.15, -0.1) is 0 Å². The maximum absolute atomic E-state index is 11.1. The molecule has 0 unspecified atom stereocenters. The Hall–Kier alpha value is -1.03. The molecule has 0 fully saturated rings. The average Bonchev–Trinajstić information content (AvgIpc) is 2.05. The number of hydrogen-bond acceptors (Lipinski definition) is 3. The van der Waals surface area contributed by atoms with E-state index >= 15 is 0 Å². The fourth-order valence-electron chi connectivity index (χ4n) is 0.758. The molecule has 0 N–H and O–H groups in total. The van der Waals surface area contributed by atoms with Crippen LogP contribution in [0.5, 0.6) is 0 Å². The number of ketones is 1. The quantitative estimate of drug-likeness (QED) is 0.448. The zero-order chi connectivity index (χ0) is 8.97. The molecule has 62 valence electrons. The Labute approximate surface area is 77.9 Å². The van der Waals surface area contributed by atoms with Gasteiger partial charge in [-0.3, -0.25) is 9.78 Å². The van der Waals surface area contributed by atoms with Gasteiger partial charge in [0.15, 0.2) is 5.78 Å². The molecule has 0 bridgehead atoms. The van der Waals surface area contributed by atoms with Crippen LogP contribution in [0.15, 0.2) is 22.9 Å². The van der Waals surface area contributed by atoms with Crippen LogP contribution in [0.4, 0.5) is 0 Å². The van der Waals surface area contributed by atoms with Crippen molar-refractivity contribution in [3.8, 4) is 0 Å². The lowest BCUT2D eigenvalue weighted by atomic mass is 10.1. The van der Waals surface area contributed by atoms with Crippen LogP contribution in [0.25, 0.3) is 0 Å². The normalized spacial score (nSPS) is 9.42. The van der Waals surface area contributed by atoms with Gasteiger partial charge in [0.05, 0.1) is 6.42 Å². The van der Waals surface area contributed by atoms with Crippen LogP contribution in [-0.4, -0.2) is 17.1 Å². The predicted octanol–water partition coefficient (Wildman–Crippen LogP) is 1.62. The topological polar surface area (TPSA) is 47.0 Å². The molecule has 0 spiro atoms. The number of aldehydes is 1. The van der Waals surface area contributed by atoms with Crippen molar-refractivity contribution in [1.29, 1.82) is 0 Å². The summed E-state index contributed by atoms with van der Waals surface area (Å²) in [6.07, 6.45) is 3.52. The van der Waals surface area contributed by atoms with Crippen molar-refractivity contribution in [1.82, 2.24) is 4.98 Å². The van der Waals surface area contributed by atoms with Crippen LogP contribution >= 0.6 is 15.9 Å². The second kappa shape index (κ2) is 4.11. The first-order valence-electron chi connectivity index (χ1n) is 3.31. The van der Waals surface area contributed by atoms with Gasteiger partial charge in [0.1, 0.15) is 6.29 Å². The Morgan fingerprint density at radius 3 is 2.92 bits per heavy atom. The highest BCUT2D eigenvalue weighted by Gasteiger charge is 2.04. The lowest BCUT2D eigenvalue weighted by Crippen LogP contribution is -1.99. The van der Waals surface area contributed by atoms with Crippen molar-refractivity contribution in [2.24, 2.45) is 0 Å². The van der Waals surface area contributed by atoms with Crippen molar-refractivity contribution in [2.75, 3.05) is 0 Å². The minimum atomic E-state index is -0.209. The van der Waals surface area contributed by atoms with E-state index in [1.165, 1.54) is 6.20 Å². The SMILES string of the molecule is O=CCC(=O)c1cncc(Br)c1. The van der Waals surface area contributed by atoms with E-state index in [0.717, 1.165) is 4.47 Å². The summed E-state index contributed by atoms with van der Waals surface area (Å²) in [7, 11) is 0. The predicted molar refractivity (Wildman–Crippen MR) is 46.9 cm³/mol. The number of aromatic nitrogens is 1. The number of hydrogen-bond donors (Lipinski definition) is 0. The molecular formula is C8H6BrNO2. The summed E-state index contributed by atoms with van der Waals surface area (Å²) in [5, 5.41) is 0. The van der Waals surface area contributed by atoms with Crippen molar-refractivity contribution in [2.45, 2.75) is 6.42 Å². The summed E-state index contributed by atoms with van der Waals surface area (Å²) in [5.41, 5.74) is 0.455. The lowest BCUT2D eigenvalue weighted by Gasteiger charge is -1.95. The number of halogens is 1. The monoisotopic (exact) mass is 227 g/mol. The Bertz CT molecular complexity index is 312. The first kappa shape index (κ1) is 9.06. The summed E-state index contributed by atoms with van der Waals surface area (Å²) in [6.45, 7) is 0. The van der Waals surface area contributed by atoms with E-state index in [9.17, 15) is 9.59 Å². The van der Waals surface area contributed by atoms with E-state index in [2.05, 4.69) is 20.9 Å². The van der Waals surface area contributed by atoms with E-state index in [-0.39, 0.29) is 12.2 Å². The Balaban J connectivity index is 2.87. The zero-order valence-electron chi connectivity index (χ0n) is 6.16. The second-order valence-electron chi connectivity index (χ2n) is 2.19. The molecule has 0 saturated carbocycles. The van der Waals surface area contributed by atoms with Crippen LogP contribution < -0.4 is 0 Å². The third kappa shape index (κ3) is 2.23. The lowest BCUT2D eigenvalue weighted by molar-refractivity contribution is -0.107. The third-order valence-electron chi connectivity index (χ3n) is 1.30. The van der Waals surface area contributed by atoms with Crippen molar-refractivity contribution >= 4 is 28.0 Å². The molecule has 1 heterocycles. The first-order chi connectivity index (χ1) is 5.74. The van der Waals surface area contributed by atoms with Crippen molar-refractivity contribution in [3.63, 3.8) is 0 Å². The van der Waals surface area contributed by atoms with Gasteiger partial charge in [0, 0.05) is 22.4 Å². The zero-order valence-corrected chi connectivity index (χ0v) is 7.74. The molecule has 1 rings (SSSR count). The molecule has 0 aliphatic heterocycles. The molecule has 12 heavy (non-hydrogen) atoms. The first-order valence-corrected chi connectivity index (χ1v) is 4.10. The highest BCUT2D eigenvalue weighted by Crippen LogP contribution is 2.10. The number of rotatable bonds is 3. The Morgan fingerprint density at radius 1 is 1.58 bits per heavy atom. The minimum absolute atomic E-state index is 0.0852. The summed E-state index contributed by atoms with van der Waals surface area (Å²) < 4.78 is 0.735. The van der Waals surface area contributed by atoms with Gasteiger partial charge >= 0.3 is 0 Å². The molecule has 0 aliphatic rings. The van der Waals surface area contributed by atoms with Gasteiger partial charge in [-0.25, -0.2) is 0 Å². The van der Waals surface area contributed by atoms with E-state index in [1.807, 2.05) is 0 Å². The second-order valence-corrected chi connectivity index (χ2v) is 3.10. The summed E-state index contributed by atoms with van der Waals surface area (Å²) >= 11 is 3.18. The fourth-order valence-corrected chi connectivity index (χ4v) is 1.12. The summed E-state index contributed by atoms with van der Waals surface area (Å²) in [6, 6.07) is 1.64. The molecule has 1 aromatic heterocycles. The number of nitrogens with zero attached hydrogens (tertiary/aromatic N) is 1. The van der Waals surface area contributed by atoms with Gasteiger partial charge in [-0.2, -0.15) is 0 Å². The van der Waals surface area contributed by atoms with Crippen molar-refractivity contribution in [3.05, 3.63) is 28.5 Å². The van der Waals surface area contributed by atoms with E-state index < -0.39 is 0 Å². The molecule has 3 nitrogen and oxygen atoms in total. The largest absolute Gasteiger partial charge is 0.303 e. The van der Waals surface area contributed by atoms with Gasteiger partial charge in [0.2, 0.25) is 0 Å². The average molecular weight is 228 g/mol. The molecular weight excluding hydrogens is 222 g/mol. The van der Waals surface area contributed by atoms with Crippen LogP contribution in [0.2, 0.25) is 0 Å². The van der Waals surface area contributed by atoms with Crippen LogP contribution in [0, 0.1) is 0 Å². The molecule has 4 heteroatoms. The summed E-state index contributed by atoms with van der Waals surface area (Å²) in [4.78, 5) is 24.9. The van der Waals surface area contributed by atoms with Gasteiger partial charge in [-0.1, -0.05) is 0 Å². The maximum atomic E-state index is 11.1. The van der Waals surface area contributed by atoms with Crippen molar-refractivity contribution < 1.29 is 9.59 Å². The molecule has 0 atom stereocenters. The van der Waals surface area contributed by atoms with Gasteiger partial charge < -0.3 is 4.79 Å². The maximum Gasteiger partial charge on any atom is 0.171 e. The Morgan fingerprint density at radius 2 is 2.33 bits per heavy atom. The van der Waals surface area contributed by atoms with Crippen LogP contribution in [-0.2, 0) is 4.79 Å². The highest BCUT2D eigenvalue weighted by molar-refractivity contribution is 9.10. The van der Waals surface area contributed by atoms with Crippen LogP contribution in [0.1, 0.15) is 16.8 Å². The standard InChI is InChI=1S/C8H6BrNO2/c9-7-3-6(4-10-5-7)8(12)1-2-11/h2-5H,1H2. The van der Waals surface area contributed by atoms with Gasteiger partial charge in [-0.05, 0) is 22.0 Å². The minimum Gasteiger partial charge on any atom is -0.303 e. The number of Topliss-reactive ketones (excluding diaryl/α,β-unsaturated/α-hetero) is 1. The molecule has 1 aromatic rings. The molecule has 0 saturated heterocycles. The summed E-state index contributed by atoms with van der Waals surface area (Å²) in [5.74, 6) is -0.209. The smallest absolute Gasteiger partial charge is 0.171 e. The van der Waals surface area contributed by atoms with E-state index in [0.29, 0.717) is 11.8 Å². The van der Waals surface area contributed by atoms with Gasteiger partial charge in [0.25, 0.3) is 0 Å². The van der Waals surface area contributed by atoms with Crippen LogP contribution in [0.3, 0.4) is 0 Å². The van der Waals surface area contributed by atoms with E-state index in [4.69, 9.17) is 0 Å². The number of carbonyl (C=O) groups is 2. The number of pyridine rings is 1. The van der Waals surface area contributed by atoms with E-state index in [1.54, 1.807) is 12.3 Å². The molecule has 0 aliphatic carbocycles. The molecule has 0 radical (unpaired) electrons. The highest BCUT2D eigenvalue weighted by atomic mass is 79.9. The third-order valence-corrected chi connectivity index (χ3v) is 1.73. The Kier molecular flexibility index (Phi) is 3.10. The number of carbonyl (C=O) groups excluding carboxylic acids is 2. The fraction of sp³-hybridized carbons (Fsp3) is 0.125.